The first kappa shape index (κ1) is 24.9. The van der Waals surface area contributed by atoms with Crippen LogP contribution in [0.4, 0.5) is 20.6 Å². The lowest BCUT2D eigenvalue weighted by Gasteiger charge is -2.24. The fraction of sp³-hybridized carbons (Fsp3) is 0.250. The molecule has 1 fully saturated rings. The number of carbonyl (C=O) groups is 3. The standard InChI is InChI=1S/C28H28FN3O4/c1-18(2)15-24(33)30-23-10-6-7-20(16-23)26-25(27(34)31-22-8-4-3-5-9-22)32(28(35)36-26)17-19-11-13-21(29)14-12-19/h3-14,16,18,25-26H,15,17H2,1-2H3,(H,30,33)(H,31,34)/t25-,26-/m1/s1. The number of nitrogens with zero attached hydrogens (tertiary/aromatic N) is 1. The third-order valence-electron chi connectivity index (χ3n) is 5.75. The van der Waals surface area contributed by atoms with Gasteiger partial charge in [-0.2, -0.15) is 0 Å². The largest absolute Gasteiger partial charge is 0.438 e. The minimum atomic E-state index is -0.996. The molecule has 0 aromatic heterocycles. The van der Waals surface area contributed by atoms with E-state index in [1.54, 1.807) is 60.7 Å². The Morgan fingerprint density at radius 1 is 0.944 bits per heavy atom. The molecule has 1 heterocycles. The van der Waals surface area contributed by atoms with Crippen LogP contribution in [0.3, 0.4) is 0 Å². The molecule has 3 aromatic carbocycles. The van der Waals surface area contributed by atoms with Gasteiger partial charge in [-0.25, -0.2) is 9.18 Å². The van der Waals surface area contributed by atoms with Gasteiger partial charge in [0.15, 0.2) is 12.1 Å². The van der Waals surface area contributed by atoms with E-state index in [2.05, 4.69) is 10.6 Å². The highest BCUT2D eigenvalue weighted by Crippen LogP contribution is 2.35. The van der Waals surface area contributed by atoms with Crippen molar-refractivity contribution in [1.29, 1.82) is 0 Å². The molecule has 0 unspecified atom stereocenters. The molecule has 1 saturated heterocycles. The van der Waals surface area contributed by atoms with Gasteiger partial charge in [0.25, 0.3) is 5.91 Å². The Balaban J connectivity index is 1.63. The Labute approximate surface area is 209 Å². The van der Waals surface area contributed by atoms with Crippen molar-refractivity contribution >= 4 is 29.3 Å². The predicted molar refractivity (Wildman–Crippen MR) is 135 cm³/mol. The first-order valence-corrected chi connectivity index (χ1v) is 11.8. The molecule has 2 atom stereocenters. The summed E-state index contributed by atoms with van der Waals surface area (Å²) >= 11 is 0. The van der Waals surface area contributed by atoms with Crippen molar-refractivity contribution in [2.75, 3.05) is 10.6 Å². The lowest BCUT2D eigenvalue weighted by molar-refractivity contribution is -0.121. The fourth-order valence-corrected chi connectivity index (χ4v) is 4.11. The minimum absolute atomic E-state index is 0.0628. The van der Waals surface area contributed by atoms with E-state index in [-0.39, 0.29) is 18.4 Å². The van der Waals surface area contributed by atoms with Gasteiger partial charge in [-0.15, -0.1) is 0 Å². The van der Waals surface area contributed by atoms with Crippen LogP contribution >= 0.6 is 0 Å². The van der Waals surface area contributed by atoms with Gasteiger partial charge >= 0.3 is 6.09 Å². The predicted octanol–water partition coefficient (Wildman–Crippen LogP) is 5.51. The van der Waals surface area contributed by atoms with Crippen molar-refractivity contribution < 1.29 is 23.5 Å². The van der Waals surface area contributed by atoms with Gasteiger partial charge in [0.05, 0.1) is 6.54 Å². The summed E-state index contributed by atoms with van der Waals surface area (Å²) in [5.74, 6) is -0.736. The molecule has 36 heavy (non-hydrogen) atoms. The molecule has 3 amide bonds. The number of cyclic esters (lactones) is 1. The monoisotopic (exact) mass is 489 g/mol. The third kappa shape index (κ3) is 6.07. The van der Waals surface area contributed by atoms with Crippen molar-refractivity contribution in [3.8, 4) is 0 Å². The van der Waals surface area contributed by atoms with Crippen molar-refractivity contribution in [1.82, 2.24) is 4.90 Å². The highest BCUT2D eigenvalue weighted by molar-refractivity contribution is 5.98. The van der Waals surface area contributed by atoms with Crippen LogP contribution in [0.2, 0.25) is 0 Å². The van der Waals surface area contributed by atoms with Gasteiger partial charge in [-0.05, 0) is 53.4 Å². The van der Waals surface area contributed by atoms with E-state index in [1.807, 2.05) is 19.9 Å². The van der Waals surface area contributed by atoms with Crippen molar-refractivity contribution in [2.24, 2.45) is 5.92 Å². The molecule has 0 saturated carbocycles. The van der Waals surface area contributed by atoms with Crippen molar-refractivity contribution in [3.63, 3.8) is 0 Å². The summed E-state index contributed by atoms with van der Waals surface area (Å²) < 4.78 is 19.1. The Bertz CT molecular complexity index is 1230. The molecule has 0 radical (unpaired) electrons. The summed E-state index contributed by atoms with van der Waals surface area (Å²) in [6.45, 7) is 3.98. The van der Waals surface area contributed by atoms with E-state index in [0.717, 1.165) is 0 Å². The van der Waals surface area contributed by atoms with Gasteiger partial charge in [0, 0.05) is 17.8 Å². The molecule has 1 aliphatic rings. The van der Waals surface area contributed by atoms with Gasteiger partial charge in [-0.1, -0.05) is 56.3 Å². The average Bonchev–Trinajstić information content (AvgIpc) is 3.17. The van der Waals surface area contributed by atoms with Gasteiger partial charge in [-0.3, -0.25) is 14.5 Å². The second kappa shape index (κ2) is 11.0. The number of rotatable bonds is 8. The Morgan fingerprint density at radius 3 is 2.33 bits per heavy atom. The summed E-state index contributed by atoms with van der Waals surface area (Å²) in [5.41, 5.74) is 2.35. The SMILES string of the molecule is CC(C)CC(=O)Nc1cccc([C@H]2OC(=O)N(Cc3ccc(F)cc3)[C@H]2C(=O)Nc2ccccc2)c1. The number of ether oxygens (including phenoxy) is 1. The quantitative estimate of drug-likeness (QED) is 0.437. The molecule has 2 N–H and O–H groups in total. The minimum Gasteiger partial charge on any atom is -0.438 e. The van der Waals surface area contributed by atoms with E-state index < -0.39 is 30.0 Å². The zero-order valence-corrected chi connectivity index (χ0v) is 20.1. The fourth-order valence-electron chi connectivity index (χ4n) is 4.11. The summed E-state index contributed by atoms with van der Waals surface area (Å²) in [6.07, 6.45) is -1.20. The zero-order valence-electron chi connectivity index (χ0n) is 20.1. The zero-order chi connectivity index (χ0) is 25.7. The summed E-state index contributed by atoms with van der Waals surface area (Å²) in [6, 6.07) is 20.6. The maximum atomic E-state index is 13.5. The lowest BCUT2D eigenvalue weighted by Crippen LogP contribution is -2.43. The molecule has 0 bridgehead atoms. The van der Waals surface area contributed by atoms with Crippen LogP contribution in [-0.2, 0) is 20.9 Å². The van der Waals surface area contributed by atoms with Crippen LogP contribution in [0.1, 0.15) is 37.5 Å². The third-order valence-corrected chi connectivity index (χ3v) is 5.75. The van der Waals surface area contributed by atoms with Crippen LogP contribution in [0.25, 0.3) is 0 Å². The maximum absolute atomic E-state index is 13.5. The molecule has 0 spiro atoms. The molecular formula is C28H28FN3O4. The molecule has 0 aliphatic carbocycles. The van der Waals surface area contributed by atoms with Gasteiger partial charge in [0.2, 0.25) is 5.91 Å². The number of amides is 3. The van der Waals surface area contributed by atoms with Crippen LogP contribution in [0, 0.1) is 11.7 Å². The lowest BCUT2D eigenvalue weighted by atomic mass is 9.99. The van der Waals surface area contributed by atoms with Crippen LogP contribution in [0.5, 0.6) is 0 Å². The number of nitrogens with one attached hydrogen (secondary N) is 2. The topological polar surface area (TPSA) is 87.7 Å². The number of anilines is 2. The van der Waals surface area contributed by atoms with Crippen LogP contribution in [-0.4, -0.2) is 28.8 Å². The molecule has 4 rings (SSSR count). The van der Waals surface area contributed by atoms with E-state index in [0.29, 0.717) is 28.9 Å². The smallest absolute Gasteiger partial charge is 0.411 e. The molecule has 1 aliphatic heterocycles. The van der Waals surface area contributed by atoms with E-state index >= 15 is 0 Å². The molecular weight excluding hydrogens is 461 g/mol. The molecule has 3 aromatic rings. The second-order valence-electron chi connectivity index (χ2n) is 9.13. The highest BCUT2D eigenvalue weighted by Gasteiger charge is 2.47. The van der Waals surface area contributed by atoms with Gasteiger partial charge < -0.3 is 15.4 Å². The Hall–Kier alpha value is -4.20. The van der Waals surface area contributed by atoms with Crippen molar-refractivity contribution in [2.45, 2.75) is 39.0 Å². The Kier molecular flexibility index (Phi) is 7.63. The van der Waals surface area contributed by atoms with Crippen molar-refractivity contribution in [3.05, 3.63) is 95.8 Å². The van der Waals surface area contributed by atoms with E-state index in [1.165, 1.54) is 17.0 Å². The number of hydrogen-bond acceptors (Lipinski definition) is 4. The maximum Gasteiger partial charge on any atom is 0.411 e. The van der Waals surface area contributed by atoms with Gasteiger partial charge in [0.1, 0.15) is 5.82 Å². The number of hydrogen-bond donors (Lipinski definition) is 2. The number of halogens is 1. The number of benzene rings is 3. The first-order valence-electron chi connectivity index (χ1n) is 11.8. The number of carbonyl (C=O) groups excluding carboxylic acids is 3. The summed E-state index contributed by atoms with van der Waals surface area (Å²) in [7, 11) is 0. The number of para-hydroxylation sites is 1. The van der Waals surface area contributed by atoms with Crippen LogP contribution in [0.15, 0.2) is 78.9 Å². The highest BCUT2D eigenvalue weighted by atomic mass is 19.1. The summed E-state index contributed by atoms with van der Waals surface area (Å²) in [4.78, 5) is 40.0. The molecule has 7 nitrogen and oxygen atoms in total. The Morgan fingerprint density at radius 2 is 1.64 bits per heavy atom. The molecule has 186 valence electrons. The van der Waals surface area contributed by atoms with Crippen LogP contribution < -0.4 is 10.6 Å². The van der Waals surface area contributed by atoms with E-state index in [4.69, 9.17) is 4.74 Å². The average molecular weight is 490 g/mol. The summed E-state index contributed by atoms with van der Waals surface area (Å²) in [5, 5.41) is 5.71. The second-order valence-corrected chi connectivity index (χ2v) is 9.13. The van der Waals surface area contributed by atoms with E-state index in [9.17, 15) is 18.8 Å². The molecule has 8 heteroatoms. The first-order chi connectivity index (χ1) is 17.3. The normalized spacial score (nSPS) is 17.1.